The number of nitrogens with zero attached hydrogens (tertiary/aromatic N) is 1. The highest BCUT2D eigenvalue weighted by Crippen LogP contribution is 2.37. The average Bonchev–Trinajstić information content (AvgIpc) is 3.31. The van der Waals surface area contributed by atoms with Gasteiger partial charge in [-0.3, -0.25) is 0 Å². The molecule has 2 aromatic carbocycles. The number of aromatic amines is 1. The second-order valence-electron chi connectivity index (χ2n) is 7.69. The minimum absolute atomic E-state index is 0.199. The summed E-state index contributed by atoms with van der Waals surface area (Å²) in [5.41, 5.74) is 5.32. The lowest BCUT2D eigenvalue weighted by atomic mass is 9.83. The zero-order chi connectivity index (χ0) is 21.5. The largest absolute Gasteiger partial charge is 0.482 e. The first-order valence-corrected chi connectivity index (χ1v) is 10.5. The van der Waals surface area contributed by atoms with Crippen LogP contribution in [-0.4, -0.2) is 35.0 Å². The van der Waals surface area contributed by atoms with Crippen LogP contribution in [0.4, 0.5) is 0 Å². The van der Waals surface area contributed by atoms with Crippen LogP contribution in [0, 0.1) is 0 Å². The predicted molar refractivity (Wildman–Crippen MR) is 119 cm³/mol. The average molecular weight is 418 g/mol. The zero-order valence-corrected chi connectivity index (χ0v) is 17.3. The van der Waals surface area contributed by atoms with Crippen LogP contribution >= 0.6 is 0 Å². The van der Waals surface area contributed by atoms with Crippen LogP contribution in [0.1, 0.15) is 41.0 Å². The summed E-state index contributed by atoms with van der Waals surface area (Å²) in [4.78, 5) is 19.8. The molecular formula is C25H26N2O4. The lowest BCUT2D eigenvalue weighted by molar-refractivity contribution is -0.139. The smallest absolute Gasteiger partial charge is 0.341 e. The Hall–Kier alpha value is -3.54. The van der Waals surface area contributed by atoms with Crippen molar-refractivity contribution in [1.82, 2.24) is 4.98 Å². The lowest BCUT2D eigenvalue weighted by Crippen LogP contribution is -2.17. The third-order valence-corrected chi connectivity index (χ3v) is 5.53. The van der Waals surface area contributed by atoms with Crippen molar-refractivity contribution in [3.05, 3.63) is 89.2 Å². The van der Waals surface area contributed by atoms with Crippen molar-refractivity contribution in [1.29, 1.82) is 0 Å². The normalized spacial score (nSPS) is 15.9. The Labute approximate surface area is 181 Å². The second-order valence-corrected chi connectivity index (χ2v) is 7.69. The van der Waals surface area contributed by atoms with Gasteiger partial charge < -0.3 is 19.7 Å². The van der Waals surface area contributed by atoms with Gasteiger partial charge in [-0.15, -0.1) is 0 Å². The topological polar surface area (TPSA) is 83.9 Å². The third kappa shape index (κ3) is 5.34. The van der Waals surface area contributed by atoms with E-state index in [9.17, 15) is 4.79 Å². The van der Waals surface area contributed by atoms with Crippen molar-refractivity contribution >= 4 is 11.7 Å². The van der Waals surface area contributed by atoms with E-state index in [1.165, 1.54) is 0 Å². The summed E-state index contributed by atoms with van der Waals surface area (Å²) in [6.45, 7) is 0.139. The van der Waals surface area contributed by atoms with Gasteiger partial charge in [0.05, 0.1) is 5.71 Å². The number of carboxylic acid groups (broad SMARTS) is 1. The molecule has 1 atom stereocenters. The first kappa shape index (κ1) is 20.7. The number of nitrogens with one attached hydrogen (secondary N) is 1. The molecule has 4 rings (SSSR count). The molecule has 2 N–H and O–H groups in total. The number of fused-ring (bicyclic) bond motifs is 1. The Morgan fingerprint density at radius 3 is 2.77 bits per heavy atom. The summed E-state index contributed by atoms with van der Waals surface area (Å²) in [7, 11) is 0. The summed E-state index contributed by atoms with van der Waals surface area (Å²) in [6.07, 6.45) is 7.45. The highest BCUT2D eigenvalue weighted by molar-refractivity contribution is 6.01. The summed E-state index contributed by atoms with van der Waals surface area (Å²) < 4.78 is 5.50. The van der Waals surface area contributed by atoms with E-state index < -0.39 is 5.97 Å². The van der Waals surface area contributed by atoms with E-state index in [0.29, 0.717) is 18.8 Å². The number of carboxylic acids is 1. The number of ether oxygens (including phenoxy) is 1. The Kier molecular flexibility index (Phi) is 6.67. The molecule has 160 valence electrons. The van der Waals surface area contributed by atoms with E-state index in [1.807, 2.05) is 60.9 Å². The number of carbonyl (C=O) groups is 1. The van der Waals surface area contributed by atoms with Crippen molar-refractivity contribution in [2.75, 3.05) is 13.2 Å². The van der Waals surface area contributed by atoms with Gasteiger partial charge in [-0.05, 0) is 53.6 Å². The molecule has 1 aromatic heterocycles. The zero-order valence-electron chi connectivity index (χ0n) is 17.3. The number of hydrogen-bond acceptors (Lipinski definition) is 4. The number of oxime groups is 1. The van der Waals surface area contributed by atoms with Crippen LogP contribution in [0.15, 0.2) is 72.1 Å². The fraction of sp³-hybridized carbons (Fsp3) is 0.280. The van der Waals surface area contributed by atoms with Crippen molar-refractivity contribution < 1.29 is 19.5 Å². The summed E-state index contributed by atoms with van der Waals surface area (Å²) >= 11 is 0. The molecule has 0 bridgehead atoms. The predicted octanol–water partition coefficient (Wildman–Crippen LogP) is 4.56. The second kappa shape index (κ2) is 9.98. The minimum Gasteiger partial charge on any atom is -0.482 e. The van der Waals surface area contributed by atoms with E-state index in [1.54, 1.807) is 0 Å². The summed E-state index contributed by atoms with van der Waals surface area (Å²) in [5, 5.41) is 13.4. The number of rotatable bonds is 9. The van der Waals surface area contributed by atoms with E-state index in [4.69, 9.17) is 14.7 Å². The molecule has 1 aliphatic rings. The molecule has 0 saturated heterocycles. The number of H-pyrrole nitrogens is 1. The third-order valence-electron chi connectivity index (χ3n) is 5.53. The monoisotopic (exact) mass is 418 g/mol. The van der Waals surface area contributed by atoms with Gasteiger partial charge in [0.15, 0.2) is 6.61 Å². The molecule has 3 aromatic rings. The van der Waals surface area contributed by atoms with Crippen LogP contribution in [0.25, 0.3) is 0 Å². The van der Waals surface area contributed by atoms with Crippen molar-refractivity contribution in [3.63, 3.8) is 0 Å². The quantitative estimate of drug-likeness (QED) is 0.394. The van der Waals surface area contributed by atoms with Crippen molar-refractivity contribution in [2.24, 2.45) is 5.16 Å². The maximum Gasteiger partial charge on any atom is 0.341 e. The molecule has 0 radical (unpaired) electrons. The molecule has 0 aliphatic heterocycles. The molecule has 6 heteroatoms. The molecule has 1 heterocycles. The standard InChI is InChI=1S/C25H26N2O4/c28-25(29)17-30-24-11-5-9-21-20(8-4-10-22(21)24)16-31-27-23(14-18-12-13-26-15-18)19-6-2-1-3-7-19/h1-3,5-7,9,11-13,15,20,26H,4,8,10,14,16-17H2,(H,28,29). The maximum absolute atomic E-state index is 10.9. The minimum atomic E-state index is -0.974. The van der Waals surface area contributed by atoms with Crippen LogP contribution in [0.5, 0.6) is 5.75 Å². The van der Waals surface area contributed by atoms with Crippen molar-refractivity contribution in [3.8, 4) is 5.75 Å². The van der Waals surface area contributed by atoms with E-state index in [0.717, 1.165) is 47.2 Å². The molecule has 0 fully saturated rings. The number of aromatic nitrogens is 1. The van der Waals surface area contributed by atoms with E-state index >= 15 is 0 Å². The summed E-state index contributed by atoms with van der Waals surface area (Å²) in [5.74, 6) is -0.116. The SMILES string of the molecule is O=C(O)COc1cccc2c1CCCC2CON=C(Cc1cc[nH]c1)c1ccccc1. The first-order valence-electron chi connectivity index (χ1n) is 10.5. The van der Waals surface area contributed by atoms with Crippen molar-refractivity contribution in [2.45, 2.75) is 31.6 Å². The van der Waals surface area contributed by atoms with Gasteiger partial charge in [0.25, 0.3) is 0 Å². The van der Waals surface area contributed by atoms with E-state index in [-0.39, 0.29) is 12.5 Å². The van der Waals surface area contributed by atoms with Crippen LogP contribution < -0.4 is 4.74 Å². The summed E-state index contributed by atoms with van der Waals surface area (Å²) in [6, 6.07) is 17.9. The molecule has 1 unspecified atom stereocenters. The van der Waals surface area contributed by atoms with Gasteiger partial charge in [-0.1, -0.05) is 47.6 Å². The van der Waals surface area contributed by atoms with Gasteiger partial charge in [0.1, 0.15) is 12.4 Å². The number of benzene rings is 2. The molecule has 6 nitrogen and oxygen atoms in total. The highest BCUT2D eigenvalue weighted by Gasteiger charge is 2.24. The number of hydrogen-bond donors (Lipinski definition) is 2. The molecule has 0 amide bonds. The van der Waals surface area contributed by atoms with Crippen LogP contribution in [-0.2, 0) is 22.5 Å². The first-order chi connectivity index (χ1) is 15.2. The number of aliphatic carboxylic acids is 1. The molecule has 1 aliphatic carbocycles. The van der Waals surface area contributed by atoms with Gasteiger partial charge >= 0.3 is 5.97 Å². The van der Waals surface area contributed by atoms with Crippen LogP contribution in [0.3, 0.4) is 0 Å². The van der Waals surface area contributed by atoms with Gasteiger partial charge in [-0.2, -0.15) is 0 Å². The maximum atomic E-state index is 10.9. The van der Waals surface area contributed by atoms with Gasteiger partial charge in [0, 0.05) is 24.7 Å². The Morgan fingerprint density at radius 2 is 2.00 bits per heavy atom. The Morgan fingerprint density at radius 1 is 1.13 bits per heavy atom. The molecule has 0 saturated carbocycles. The Balaban J connectivity index is 1.49. The molecule has 31 heavy (non-hydrogen) atoms. The molecule has 0 spiro atoms. The lowest BCUT2D eigenvalue weighted by Gasteiger charge is -2.26. The highest BCUT2D eigenvalue weighted by atomic mass is 16.6. The van der Waals surface area contributed by atoms with Gasteiger partial charge in [0.2, 0.25) is 0 Å². The molecular weight excluding hydrogens is 392 g/mol. The fourth-order valence-corrected chi connectivity index (χ4v) is 4.05. The fourth-order valence-electron chi connectivity index (χ4n) is 4.05. The Bertz CT molecular complexity index is 1030. The van der Waals surface area contributed by atoms with E-state index in [2.05, 4.69) is 16.2 Å². The van der Waals surface area contributed by atoms with Gasteiger partial charge in [-0.25, -0.2) is 4.79 Å². The van der Waals surface area contributed by atoms with Crippen LogP contribution in [0.2, 0.25) is 0 Å².